The minimum atomic E-state index is -1.22. The first-order valence-corrected chi connectivity index (χ1v) is 5.63. The summed E-state index contributed by atoms with van der Waals surface area (Å²) in [6.07, 6.45) is 1.61. The fourth-order valence-corrected chi connectivity index (χ4v) is 1.37. The van der Waals surface area contributed by atoms with Gasteiger partial charge >= 0.3 is 5.97 Å². The van der Waals surface area contributed by atoms with Crippen LogP contribution in [0.4, 0.5) is 5.69 Å². The van der Waals surface area contributed by atoms with Gasteiger partial charge in [0.05, 0.1) is 11.3 Å². The van der Waals surface area contributed by atoms with Gasteiger partial charge in [0.2, 0.25) is 5.91 Å². The molecule has 0 radical (unpaired) electrons. The molecule has 100 valence electrons. The predicted octanol–water partition coefficient (Wildman–Crippen LogP) is 1.02. The molecule has 0 aliphatic heterocycles. The molecule has 0 fully saturated rings. The standard InChI is InChI=1S/C13H14N2O4/c1-2-14-13(19)9-5-3-4-6-10(9)15-11(16)7-8-12(17)18/h3-8H,2H2,1H3,(H,14,19)(H,15,16)(H,17,18)/b8-7+. The Morgan fingerprint density at radius 3 is 2.53 bits per heavy atom. The normalized spacial score (nSPS) is 10.2. The molecular weight excluding hydrogens is 248 g/mol. The van der Waals surface area contributed by atoms with Gasteiger partial charge in [-0.15, -0.1) is 0 Å². The number of carboxylic acid groups (broad SMARTS) is 1. The summed E-state index contributed by atoms with van der Waals surface area (Å²) >= 11 is 0. The first-order valence-electron chi connectivity index (χ1n) is 5.63. The highest BCUT2D eigenvalue weighted by atomic mass is 16.4. The Balaban J connectivity index is 2.86. The molecule has 0 aliphatic carbocycles. The maximum absolute atomic E-state index is 11.7. The van der Waals surface area contributed by atoms with Gasteiger partial charge in [-0.25, -0.2) is 4.79 Å². The van der Waals surface area contributed by atoms with E-state index in [1.165, 1.54) is 0 Å². The van der Waals surface area contributed by atoms with Crippen molar-refractivity contribution >= 4 is 23.5 Å². The topological polar surface area (TPSA) is 95.5 Å². The quantitative estimate of drug-likeness (QED) is 0.690. The van der Waals surface area contributed by atoms with E-state index in [4.69, 9.17) is 5.11 Å². The van der Waals surface area contributed by atoms with Crippen molar-refractivity contribution < 1.29 is 19.5 Å². The lowest BCUT2D eigenvalue weighted by Crippen LogP contribution is -2.24. The molecule has 2 amide bonds. The van der Waals surface area contributed by atoms with Gasteiger partial charge in [0.25, 0.3) is 5.91 Å². The van der Waals surface area contributed by atoms with Crippen LogP contribution in [0.3, 0.4) is 0 Å². The van der Waals surface area contributed by atoms with Crippen molar-refractivity contribution in [2.75, 3.05) is 11.9 Å². The molecule has 0 saturated carbocycles. The molecule has 1 aromatic rings. The Morgan fingerprint density at radius 2 is 1.89 bits per heavy atom. The molecular formula is C13H14N2O4. The second-order valence-electron chi connectivity index (χ2n) is 3.57. The van der Waals surface area contributed by atoms with Crippen LogP contribution < -0.4 is 10.6 Å². The SMILES string of the molecule is CCNC(=O)c1ccccc1NC(=O)/C=C/C(=O)O. The fraction of sp³-hybridized carbons (Fsp3) is 0.154. The summed E-state index contributed by atoms with van der Waals surface area (Å²) in [4.78, 5) is 33.5. The second-order valence-corrected chi connectivity index (χ2v) is 3.57. The van der Waals surface area contributed by atoms with Crippen LogP contribution in [0.25, 0.3) is 0 Å². The molecule has 0 atom stereocenters. The van der Waals surface area contributed by atoms with Gasteiger partial charge in [-0.05, 0) is 19.1 Å². The number of carbonyl (C=O) groups excluding carboxylic acids is 2. The zero-order chi connectivity index (χ0) is 14.3. The number of benzene rings is 1. The molecule has 19 heavy (non-hydrogen) atoms. The molecule has 0 bridgehead atoms. The molecule has 0 heterocycles. The Morgan fingerprint density at radius 1 is 1.21 bits per heavy atom. The average Bonchev–Trinajstić information content (AvgIpc) is 2.37. The van der Waals surface area contributed by atoms with Gasteiger partial charge in [0.1, 0.15) is 0 Å². The number of carbonyl (C=O) groups is 3. The van der Waals surface area contributed by atoms with Crippen molar-refractivity contribution in [1.82, 2.24) is 5.32 Å². The lowest BCUT2D eigenvalue weighted by Gasteiger charge is -2.09. The summed E-state index contributed by atoms with van der Waals surface area (Å²) in [5, 5.41) is 13.5. The number of anilines is 1. The zero-order valence-electron chi connectivity index (χ0n) is 10.3. The first-order chi connectivity index (χ1) is 9.04. The summed E-state index contributed by atoms with van der Waals surface area (Å²) in [5.41, 5.74) is 0.648. The van der Waals surface area contributed by atoms with Crippen molar-refractivity contribution in [2.45, 2.75) is 6.92 Å². The number of rotatable bonds is 5. The third kappa shape index (κ3) is 4.63. The number of carboxylic acids is 1. The first kappa shape index (κ1) is 14.4. The summed E-state index contributed by atoms with van der Waals surface area (Å²) in [5.74, 6) is -2.13. The third-order valence-electron chi connectivity index (χ3n) is 2.14. The highest BCUT2D eigenvalue weighted by molar-refractivity contribution is 6.07. The van der Waals surface area contributed by atoms with Gasteiger partial charge in [-0.2, -0.15) is 0 Å². The smallest absolute Gasteiger partial charge is 0.328 e. The van der Waals surface area contributed by atoms with E-state index in [2.05, 4.69) is 10.6 Å². The molecule has 6 heteroatoms. The number of nitrogens with one attached hydrogen (secondary N) is 2. The van der Waals surface area contributed by atoms with Crippen LogP contribution >= 0.6 is 0 Å². The number of aliphatic carboxylic acids is 1. The molecule has 1 rings (SSSR count). The number of hydrogen-bond acceptors (Lipinski definition) is 3. The monoisotopic (exact) mass is 262 g/mol. The van der Waals surface area contributed by atoms with Crippen LogP contribution in [0, 0.1) is 0 Å². The minimum absolute atomic E-state index is 0.305. The van der Waals surface area contributed by atoms with E-state index >= 15 is 0 Å². The highest BCUT2D eigenvalue weighted by Gasteiger charge is 2.11. The lowest BCUT2D eigenvalue weighted by molar-refractivity contribution is -0.131. The summed E-state index contributed by atoms with van der Waals surface area (Å²) < 4.78 is 0. The Hall–Kier alpha value is -2.63. The van der Waals surface area contributed by atoms with Crippen molar-refractivity contribution in [2.24, 2.45) is 0 Å². The van der Waals surface area contributed by atoms with E-state index in [1.807, 2.05) is 0 Å². The van der Waals surface area contributed by atoms with Gasteiger partial charge in [0, 0.05) is 18.7 Å². The third-order valence-corrected chi connectivity index (χ3v) is 2.14. The van der Waals surface area contributed by atoms with E-state index in [0.717, 1.165) is 12.2 Å². The van der Waals surface area contributed by atoms with Crippen LogP contribution in [0.1, 0.15) is 17.3 Å². The fourth-order valence-electron chi connectivity index (χ4n) is 1.37. The maximum Gasteiger partial charge on any atom is 0.328 e. The molecule has 6 nitrogen and oxygen atoms in total. The number of para-hydroxylation sites is 1. The van der Waals surface area contributed by atoms with E-state index in [0.29, 0.717) is 17.8 Å². The molecule has 3 N–H and O–H groups in total. The van der Waals surface area contributed by atoms with E-state index < -0.39 is 11.9 Å². The number of amides is 2. The Kier molecular flexibility index (Phi) is 5.28. The maximum atomic E-state index is 11.7. The number of hydrogen-bond donors (Lipinski definition) is 3. The molecule has 0 spiro atoms. The summed E-state index contributed by atoms with van der Waals surface area (Å²) in [7, 11) is 0. The molecule has 1 aromatic carbocycles. The molecule has 0 aromatic heterocycles. The van der Waals surface area contributed by atoms with E-state index in [9.17, 15) is 14.4 Å². The summed E-state index contributed by atoms with van der Waals surface area (Å²) in [6.45, 7) is 2.26. The van der Waals surface area contributed by atoms with Crippen LogP contribution in [0.5, 0.6) is 0 Å². The van der Waals surface area contributed by atoms with Crippen molar-refractivity contribution in [1.29, 1.82) is 0 Å². The van der Waals surface area contributed by atoms with Crippen LogP contribution in [-0.4, -0.2) is 29.4 Å². The molecule has 0 aliphatic rings. The van der Waals surface area contributed by atoms with E-state index in [-0.39, 0.29) is 5.91 Å². The predicted molar refractivity (Wildman–Crippen MR) is 69.9 cm³/mol. The van der Waals surface area contributed by atoms with Crippen molar-refractivity contribution in [3.05, 3.63) is 42.0 Å². The lowest BCUT2D eigenvalue weighted by atomic mass is 10.1. The minimum Gasteiger partial charge on any atom is -0.478 e. The van der Waals surface area contributed by atoms with E-state index in [1.54, 1.807) is 31.2 Å². The van der Waals surface area contributed by atoms with Crippen LogP contribution in [0.2, 0.25) is 0 Å². The largest absolute Gasteiger partial charge is 0.478 e. The van der Waals surface area contributed by atoms with Crippen LogP contribution in [-0.2, 0) is 9.59 Å². The zero-order valence-corrected chi connectivity index (χ0v) is 10.3. The summed E-state index contributed by atoms with van der Waals surface area (Å²) in [6, 6.07) is 6.48. The van der Waals surface area contributed by atoms with Gasteiger partial charge in [0.15, 0.2) is 0 Å². The highest BCUT2D eigenvalue weighted by Crippen LogP contribution is 2.14. The van der Waals surface area contributed by atoms with Crippen molar-refractivity contribution in [3.8, 4) is 0 Å². The van der Waals surface area contributed by atoms with Gasteiger partial charge in [-0.3, -0.25) is 9.59 Å². The second kappa shape index (κ2) is 6.95. The molecule has 0 saturated heterocycles. The van der Waals surface area contributed by atoms with Gasteiger partial charge in [-0.1, -0.05) is 12.1 Å². The van der Waals surface area contributed by atoms with Gasteiger partial charge < -0.3 is 15.7 Å². The average molecular weight is 262 g/mol. The van der Waals surface area contributed by atoms with Crippen LogP contribution in [0.15, 0.2) is 36.4 Å². The molecule has 0 unspecified atom stereocenters. The van der Waals surface area contributed by atoms with Crippen molar-refractivity contribution in [3.63, 3.8) is 0 Å². The Bertz CT molecular complexity index is 523. The Labute approximate surface area is 110 Å².